The maximum atomic E-state index is 5.78. The number of thiazole rings is 1. The summed E-state index contributed by atoms with van der Waals surface area (Å²) in [5.74, 6) is 2.37. The van der Waals surface area contributed by atoms with Crippen LogP contribution in [0.3, 0.4) is 0 Å². The maximum Gasteiger partial charge on any atom is 0.203 e. The number of alkyl halides is 1. The van der Waals surface area contributed by atoms with Crippen LogP contribution in [-0.4, -0.2) is 25.8 Å². The predicted octanol–water partition coefficient (Wildman–Crippen LogP) is 3.52. The zero-order chi connectivity index (χ0) is 14.4. The Balaban J connectivity index is 1.99. The second-order valence-electron chi connectivity index (χ2n) is 3.96. The Morgan fingerprint density at radius 2 is 1.90 bits per heavy atom. The van der Waals surface area contributed by atoms with Crippen LogP contribution < -0.4 is 14.2 Å². The highest BCUT2D eigenvalue weighted by Gasteiger charge is 2.11. The summed E-state index contributed by atoms with van der Waals surface area (Å²) < 4.78 is 16.3. The third kappa shape index (κ3) is 3.55. The lowest BCUT2D eigenvalue weighted by Gasteiger charge is -2.13. The molecule has 0 saturated heterocycles. The van der Waals surface area contributed by atoms with Gasteiger partial charge >= 0.3 is 0 Å². The van der Waals surface area contributed by atoms with Gasteiger partial charge in [-0.15, -0.1) is 22.9 Å². The van der Waals surface area contributed by atoms with Crippen LogP contribution in [0.1, 0.15) is 10.7 Å². The highest BCUT2D eigenvalue weighted by atomic mass is 35.5. The number of hydrogen-bond donors (Lipinski definition) is 0. The highest BCUT2D eigenvalue weighted by Crippen LogP contribution is 2.36. The number of nitrogens with zero attached hydrogens (tertiary/aromatic N) is 1. The Bertz CT molecular complexity index is 537. The van der Waals surface area contributed by atoms with E-state index in [0.29, 0.717) is 29.7 Å². The molecule has 20 heavy (non-hydrogen) atoms. The molecule has 4 nitrogen and oxygen atoms in total. The van der Waals surface area contributed by atoms with Crippen LogP contribution in [0.5, 0.6) is 17.2 Å². The van der Waals surface area contributed by atoms with E-state index in [0.717, 1.165) is 17.1 Å². The molecule has 1 heterocycles. The van der Waals surface area contributed by atoms with Gasteiger partial charge < -0.3 is 14.2 Å². The molecule has 2 rings (SSSR count). The molecule has 0 saturated carbocycles. The molecule has 1 aromatic carbocycles. The Hall–Kier alpha value is -1.46. The molecule has 1 aromatic heterocycles. The minimum Gasteiger partial charge on any atom is -0.493 e. The first-order valence-corrected chi connectivity index (χ1v) is 7.53. The van der Waals surface area contributed by atoms with Crippen molar-refractivity contribution in [3.63, 3.8) is 0 Å². The second-order valence-corrected chi connectivity index (χ2v) is 5.17. The van der Waals surface area contributed by atoms with Gasteiger partial charge in [0.2, 0.25) is 5.75 Å². The Morgan fingerprint density at radius 3 is 2.45 bits per heavy atom. The van der Waals surface area contributed by atoms with Crippen molar-refractivity contribution in [2.75, 3.05) is 20.8 Å². The van der Waals surface area contributed by atoms with Gasteiger partial charge in [-0.2, -0.15) is 0 Å². The summed E-state index contributed by atoms with van der Waals surface area (Å²) in [5, 5.41) is 2.97. The maximum absolute atomic E-state index is 5.78. The van der Waals surface area contributed by atoms with Gasteiger partial charge in [0.1, 0.15) is 0 Å². The van der Waals surface area contributed by atoms with Crippen molar-refractivity contribution in [1.29, 1.82) is 0 Å². The van der Waals surface area contributed by atoms with Crippen LogP contribution in [0.2, 0.25) is 0 Å². The Morgan fingerprint density at radius 1 is 1.20 bits per heavy atom. The van der Waals surface area contributed by atoms with Gasteiger partial charge in [-0.1, -0.05) is 6.07 Å². The Kier molecular flexibility index (Phi) is 5.49. The van der Waals surface area contributed by atoms with E-state index in [4.69, 9.17) is 25.8 Å². The largest absolute Gasteiger partial charge is 0.493 e. The van der Waals surface area contributed by atoms with Gasteiger partial charge in [-0.3, -0.25) is 0 Å². The summed E-state index contributed by atoms with van der Waals surface area (Å²) in [6.45, 7) is 0.506. The number of rotatable bonds is 7. The second kappa shape index (κ2) is 7.36. The fourth-order valence-electron chi connectivity index (χ4n) is 1.72. The normalized spacial score (nSPS) is 10.3. The minimum atomic E-state index is 0.442. The fourth-order valence-corrected chi connectivity index (χ4v) is 2.73. The molecule has 0 aliphatic heterocycles. The number of hydrogen-bond acceptors (Lipinski definition) is 5. The van der Waals surface area contributed by atoms with E-state index >= 15 is 0 Å². The molecule has 0 atom stereocenters. The number of halogens is 1. The van der Waals surface area contributed by atoms with Gasteiger partial charge in [-0.05, 0) is 12.1 Å². The first kappa shape index (κ1) is 14.9. The lowest BCUT2D eigenvalue weighted by Crippen LogP contribution is -2.04. The van der Waals surface area contributed by atoms with Crippen molar-refractivity contribution in [3.05, 3.63) is 34.3 Å². The third-order valence-electron chi connectivity index (χ3n) is 2.68. The van der Waals surface area contributed by atoms with Gasteiger partial charge in [0.15, 0.2) is 11.5 Å². The standard InChI is InChI=1S/C14H16ClNO3S/c1-17-11-4-3-5-12(18-2)14(11)19-7-6-13-16-10(8-15)9-20-13/h3-5,9H,6-8H2,1-2H3. The summed E-state index contributed by atoms with van der Waals surface area (Å²) >= 11 is 7.32. The fraction of sp³-hybridized carbons (Fsp3) is 0.357. The van der Waals surface area contributed by atoms with E-state index in [9.17, 15) is 0 Å². The van der Waals surface area contributed by atoms with Crippen LogP contribution >= 0.6 is 22.9 Å². The molecule has 0 spiro atoms. The van der Waals surface area contributed by atoms with Crippen molar-refractivity contribution >= 4 is 22.9 Å². The van der Waals surface area contributed by atoms with E-state index < -0.39 is 0 Å². The van der Waals surface area contributed by atoms with Crippen molar-refractivity contribution in [3.8, 4) is 17.2 Å². The van der Waals surface area contributed by atoms with E-state index in [1.165, 1.54) is 0 Å². The molecule has 2 aromatic rings. The zero-order valence-electron chi connectivity index (χ0n) is 11.4. The predicted molar refractivity (Wildman–Crippen MR) is 80.4 cm³/mol. The molecule has 0 aliphatic carbocycles. The first-order chi connectivity index (χ1) is 9.78. The van der Waals surface area contributed by atoms with Gasteiger partial charge in [0.25, 0.3) is 0 Å². The summed E-state index contributed by atoms with van der Waals surface area (Å²) in [4.78, 5) is 4.39. The van der Waals surface area contributed by atoms with Gasteiger partial charge in [0.05, 0.1) is 37.4 Å². The number of aromatic nitrogens is 1. The monoisotopic (exact) mass is 313 g/mol. The summed E-state index contributed by atoms with van der Waals surface area (Å²) in [5.41, 5.74) is 0.904. The zero-order valence-corrected chi connectivity index (χ0v) is 13.0. The molecular weight excluding hydrogens is 298 g/mol. The van der Waals surface area contributed by atoms with Crippen LogP contribution in [-0.2, 0) is 12.3 Å². The minimum absolute atomic E-state index is 0.442. The molecule has 0 fully saturated rings. The van der Waals surface area contributed by atoms with Crippen molar-refractivity contribution < 1.29 is 14.2 Å². The molecule has 0 radical (unpaired) electrons. The molecule has 6 heteroatoms. The first-order valence-electron chi connectivity index (χ1n) is 6.11. The molecule has 0 unspecified atom stereocenters. The average Bonchev–Trinajstić information content (AvgIpc) is 2.95. The topological polar surface area (TPSA) is 40.6 Å². The van der Waals surface area contributed by atoms with E-state index in [2.05, 4.69) is 4.98 Å². The van der Waals surface area contributed by atoms with E-state index in [1.807, 2.05) is 23.6 Å². The van der Waals surface area contributed by atoms with Crippen molar-refractivity contribution in [2.24, 2.45) is 0 Å². The smallest absolute Gasteiger partial charge is 0.203 e. The number of ether oxygens (including phenoxy) is 3. The summed E-state index contributed by atoms with van der Waals surface area (Å²) in [6, 6.07) is 5.54. The van der Waals surface area contributed by atoms with Gasteiger partial charge in [0, 0.05) is 11.8 Å². The average molecular weight is 314 g/mol. The van der Waals surface area contributed by atoms with Gasteiger partial charge in [-0.25, -0.2) is 4.98 Å². The van der Waals surface area contributed by atoms with Crippen molar-refractivity contribution in [2.45, 2.75) is 12.3 Å². The molecule has 0 bridgehead atoms. The highest BCUT2D eigenvalue weighted by molar-refractivity contribution is 7.09. The van der Waals surface area contributed by atoms with Crippen LogP contribution in [0.4, 0.5) is 0 Å². The molecule has 108 valence electrons. The summed E-state index contributed by atoms with van der Waals surface area (Å²) in [7, 11) is 3.21. The molecule has 0 amide bonds. The van der Waals surface area contributed by atoms with Crippen LogP contribution in [0.25, 0.3) is 0 Å². The lowest BCUT2D eigenvalue weighted by atomic mass is 10.3. The lowest BCUT2D eigenvalue weighted by molar-refractivity contribution is 0.277. The van der Waals surface area contributed by atoms with Crippen molar-refractivity contribution in [1.82, 2.24) is 4.98 Å². The Labute approximate surface area is 127 Å². The quantitative estimate of drug-likeness (QED) is 0.733. The number of methoxy groups -OCH3 is 2. The molecular formula is C14H16ClNO3S. The van der Waals surface area contributed by atoms with Crippen LogP contribution in [0, 0.1) is 0 Å². The summed E-state index contributed by atoms with van der Waals surface area (Å²) in [6.07, 6.45) is 0.725. The van der Waals surface area contributed by atoms with Crippen LogP contribution in [0.15, 0.2) is 23.6 Å². The molecule has 0 N–H and O–H groups in total. The third-order valence-corrected chi connectivity index (χ3v) is 3.91. The number of para-hydroxylation sites is 1. The SMILES string of the molecule is COc1cccc(OC)c1OCCc1nc(CCl)cs1. The van der Waals surface area contributed by atoms with E-state index in [-0.39, 0.29) is 0 Å². The van der Waals surface area contributed by atoms with E-state index in [1.54, 1.807) is 25.6 Å². The number of benzene rings is 1. The molecule has 0 aliphatic rings.